The van der Waals surface area contributed by atoms with Gasteiger partial charge >= 0.3 is 0 Å². The van der Waals surface area contributed by atoms with Gasteiger partial charge in [0.05, 0.1) is 23.6 Å². The highest BCUT2D eigenvalue weighted by Crippen LogP contribution is 2.24. The van der Waals surface area contributed by atoms with Crippen molar-refractivity contribution in [3.8, 4) is 6.07 Å². The van der Waals surface area contributed by atoms with Crippen LogP contribution in [-0.4, -0.2) is 22.8 Å². The van der Waals surface area contributed by atoms with Crippen LogP contribution in [0.2, 0.25) is 0 Å². The first-order chi connectivity index (χ1) is 9.83. The van der Waals surface area contributed by atoms with Crippen molar-refractivity contribution in [3.05, 3.63) is 29.6 Å². The van der Waals surface area contributed by atoms with Gasteiger partial charge in [0.2, 0.25) is 0 Å². The quantitative estimate of drug-likeness (QED) is 0.816. The summed E-state index contributed by atoms with van der Waals surface area (Å²) in [6.45, 7) is 2.51. The Kier molecular flexibility index (Phi) is 3.90. The van der Waals surface area contributed by atoms with Crippen molar-refractivity contribution in [2.45, 2.75) is 25.3 Å². The topological polar surface area (TPSA) is 50.8 Å². The number of rotatable bonds is 3. The van der Waals surface area contributed by atoms with Gasteiger partial charge < -0.3 is 9.30 Å². The maximum atomic E-state index is 9.18. The van der Waals surface area contributed by atoms with Crippen LogP contribution in [0, 0.1) is 17.2 Å². The molecule has 3 rings (SSSR count). The number of nitriles is 1. The minimum Gasteiger partial charge on any atom is -0.381 e. The average Bonchev–Trinajstić information content (AvgIpc) is 2.86. The monoisotopic (exact) mass is 289 g/mol. The molecule has 0 bridgehead atoms. The van der Waals surface area contributed by atoms with Crippen LogP contribution >= 0.6 is 11.6 Å². The minimum atomic E-state index is 0.354. The molecule has 1 aliphatic rings. The summed E-state index contributed by atoms with van der Waals surface area (Å²) < 4.78 is 7.68. The Morgan fingerprint density at radius 3 is 3.10 bits per heavy atom. The lowest BCUT2D eigenvalue weighted by molar-refractivity contribution is 0.0485. The third-order valence-electron chi connectivity index (χ3n) is 3.79. The van der Waals surface area contributed by atoms with Crippen LogP contribution in [0.1, 0.15) is 24.2 Å². The van der Waals surface area contributed by atoms with Crippen molar-refractivity contribution < 1.29 is 4.74 Å². The second-order valence-electron chi connectivity index (χ2n) is 5.14. The predicted octanol–water partition coefficient (Wildman–Crippen LogP) is 3.07. The van der Waals surface area contributed by atoms with Gasteiger partial charge in [-0.2, -0.15) is 5.26 Å². The molecule has 0 N–H and O–H groups in total. The average molecular weight is 290 g/mol. The van der Waals surface area contributed by atoms with Crippen LogP contribution in [0.5, 0.6) is 0 Å². The zero-order chi connectivity index (χ0) is 13.9. The van der Waals surface area contributed by atoms with Crippen LogP contribution in [0.15, 0.2) is 18.2 Å². The molecule has 0 amide bonds. The molecule has 4 nitrogen and oxygen atoms in total. The van der Waals surface area contributed by atoms with Crippen molar-refractivity contribution in [1.82, 2.24) is 9.55 Å². The largest absolute Gasteiger partial charge is 0.381 e. The van der Waals surface area contributed by atoms with Crippen molar-refractivity contribution in [1.29, 1.82) is 5.26 Å². The molecule has 0 radical (unpaired) electrons. The van der Waals surface area contributed by atoms with E-state index in [1.165, 1.54) is 6.42 Å². The highest BCUT2D eigenvalue weighted by atomic mass is 35.5. The van der Waals surface area contributed by atoms with Crippen LogP contribution in [0.25, 0.3) is 11.0 Å². The lowest BCUT2D eigenvalue weighted by atomic mass is 10.0. The van der Waals surface area contributed by atoms with Gasteiger partial charge in [0, 0.05) is 19.1 Å². The van der Waals surface area contributed by atoms with E-state index in [1.54, 1.807) is 6.07 Å². The Balaban J connectivity index is 2.02. The second-order valence-corrected chi connectivity index (χ2v) is 5.41. The Bertz CT molecular complexity index is 653. The fourth-order valence-electron chi connectivity index (χ4n) is 2.80. The van der Waals surface area contributed by atoms with Gasteiger partial charge in [0.25, 0.3) is 0 Å². The van der Waals surface area contributed by atoms with Gasteiger partial charge in [-0.15, -0.1) is 11.6 Å². The Hall–Kier alpha value is -1.57. The maximum Gasteiger partial charge on any atom is 0.124 e. The molecule has 20 heavy (non-hydrogen) atoms. The summed E-state index contributed by atoms with van der Waals surface area (Å²) in [6.07, 6.45) is 2.27. The highest BCUT2D eigenvalue weighted by molar-refractivity contribution is 6.16. The SMILES string of the molecule is N#Cc1cccc2c1nc(CCl)n2CC1CCCOC1. The molecule has 2 heterocycles. The number of ether oxygens (including phenoxy) is 1. The first kappa shape index (κ1) is 13.4. The van der Waals surface area contributed by atoms with E-state index in [0.29, 0.717) is 17.4 Å². The molecule has 0 saturated carbocycles. The fourth-order valence-corrected chi connectivity index (χ4v) is 3.00. The molecule has 1 saturated heterocycles. The Morgan fingerprint density at radius 2 is 2.40 bits per heavy atom. The molecular formula is C15H16ClN3O. The zero-order valence-corrected chi connectivity index (χ0v) is 11.9. The van der Waals surface area contributed by atoms with Crippen molar-refractivity contribution >= 4 is 22.6 Å². The summed E-state index contributed by atoms with van der Waals surface area (Å²) >= 11 is 6.02. The molecule has 0 aliphatic carbocycles. The lowest BCUT2D eigenvalue weighted by Gasteiger charge is -2.23. The third-order valence-corrected chi connectivity index (χ3v) is 4.03. The standard InChI is InChI=1S/C15H16ClN3O/c16-7-14-18-15-12(8-17)4-1-5-13(15)19(14)9-11-3-2-6-20-10-11/h1,4-5,11H,2-3,6-7,9-10H2. The van der Waals surface area contributed by atoms with E-state index in [-0.39, 0.29) is 0 Å². The molecule has 2 aromatic rings. The number of benzene rings is 1. The molecule has 1 atom stereocenters. The number of alkyl halides is 1. The molecule has 1 aliphatic heterocycles. The fraction of sp³-hybridized carbons (Fsp3) is 0.467. The van der Waals surface area contributed by atoms with E-state index in [9.17, 15) is 5.26 Å². The summed E-state index contributed by atoms with van der Waals surface area (Å²) in [5.41, 5.74) is 2.35. The minimum absolute atomic E-state index is 0.354. The number of aromatic nitrogens is 2. The first-order valence-electron chi connectivity index (χ1n) is 6.85. The number of hydrogen-bond acceptors (Lipinski definition) is 3. The lowest BCUT2D eigenvalue weighted by Crippen LogP contribution is -2.22. The summed E-state index contributed by atoms with van der Waals surface area (Å²) in [5, 5.41) is 9.18. The van der Waals surface area contributed by atoms with Crippen molar-refractivity contribution in [2.75, 3.05) is 13.2 Å². The molecule has 1 unspecified atom stereocenters. The van der Waals surface area contributed by atoms with Gasteiger partial charge in [-0.05, 0) is 25.0 Å². The maximum absolute atomic E-state index is 9.18. The van der Waals surface area contributed by atoms with E-state index in [0.717, 1.165) is 43.0 Å². The van der Waals surface area contributed by atoms with Crippen LogP contribution in [0.4, 0.5) is 0 Å². The summed E-state index contributed by atoms with van der Waals surface area (Å²) in [7, 11) is 0. The number of halogens is 1. The summed E-state index contributed by atoms with van der Waals surface area (Å²) in [6, 6.07) is 7.89. The number of imidazole rings is 1. The highest BCUT2D eigenvalue weighted by Gasteiger charge is 2.19. The summed E-state index contributed by atoms with van der Waals surface area (Å²) in [4.78, 5) is 4.54. The van der Waals surface area contributed by atoms with E-state index >= 15 is 0 Å². The van der Waals surface area contributed by atoms with Gasteiger partial charge in [-0.1, -0.05) is 6.07 Å². The predicted molar refractivity (Wildman–Crippen MR) is 77.5 cm³/mol. The Morgan fingerprint density at radius 1 is 1.50 bits per heavy atom. The molecule has 1 fully saturated rings. The van der Waals surface area contributed by atoms with Crippen LogP contribution in [-0.2, 0) is 17.2 Å². The summed E-state index contributed by atoms with van der Waals surface area (Å²) in [5.74, 6) is 1.68. The smallest absolute Gasteiger partial charge is 0.124 e. The normalized spacial score (nSPS) is 19.1. The molecule has 5 heteroatoms. The number of fused-ring (bicyclic) bond motifs is 1. The van der Waals surface area contributed by atoms with Crippen LogP contribution in [0.3, 0.4) is 0 Å². The third kappa shape index (κ3) is 2.39. The van der Waals surface area contributed by atoms with E-state index < -0.39 is 0 Å². The Labute approximate surface area is 122 Å². The zero-order valence-electron chi connectivity index (χ0n) is 11.2. The number of hydrogen-bond donors (Lipinski definition) is 0. The second kappa shape index (κ2) is 5.82. The van der Waals surface area contributed by atoms with Crippen molar-refractivity contribution in [2.24, 2.45) is 5.92 Å². The molecular weight excluding hydrogens is 274 g/mol. The van der Waals surface area contributed by atoms with Gasteiger partial charge in [-0.25, -0.2) is 4.98 Å². The van der Waals surface area contributed by atoms with Gasteiger partial charge in [-0.3, -0.25) is 0 Å². The number of nitrogens with zero attached hydrogens (tertiary/aromatic N) is 3. The van der Waals surface area contributed by atoms with E-state index in [1.807, 2.05) is 12.1 Å². The molecule has 104 valence electrons. The molecule has 0 spiro atoms. The van der Waals surface area contributed by atoms with Crippen molar-refractivity contribution in [3.63, 3.8) is 0 Å². The van der Waals surface area contributed by atoms with Gasteiger partial charge in [0.15, 0.2) is 0 Å². The van der Waals surface area contributed by atoms with E-state index in [2.05, 4.69) is 15.6 Å². The number of para-hydroxylation sites is 1. The first-order valence-corrected chi connectivity index (χ1v) is 7.39. The van der Waals surface area contributed by atoms with Crippen LogP contribution < -0.4 is 0 Å². The van der Waals surface area contributed by atoms with E-state index in [4.69, 9.17) is 16.3 Å². The molecule has 1 aromatic heterocycles. The van der Waals surface area contributed by atoms with Gasteiger partial charge in [0.1, 0.15) is 17.4 Å². The molecule has 1 aromatic carbocycles.